The molecular weight excluding hydrogens is 305 g/mol. The monoisotopic (exact) mass is 320 g/mol. The van der Waals surface area contributed by atoms with Gasteiger partial charge in [0.2, 0.25) is 0 Å². The highest BCUT2D eigenvalue weighted by Gasteiger charge is 2.34. The van der Waals surface area contributed by atoms with Crippen LogP contribution in [0.1, 0.15) is 24.5 Å². The lowest BCUT2D eigenvalue weighted by atomic mass is 10.1. The molecule has 0 amide bonds. The zero-order valence-electron chi connectivity index (χ0n) is 12.5. The lowest BCUT2D eigenvalue weighted by Gasteiger charge is -2.12. The van der Waals surface area contributed by atoms with E-state index in [0.717, 1.165) is 18.5 Å². The van der Waals surface area contributed by atoms with Crippen molar-refractivity contribution in [2.75, 3.05) is 0 Å². The summed E-state index contributed by atoms with van der Waals surface area (Å²) in [4.78, 5) is 4.46. The summed E-state index contributed by atoms with van der Waals surface area (Å²) in [5.74, 6) is 0.684. The van der Waals surface area contributed by atoms with Gasteiger partial charge < -0.3 is 4.57 Å². The molecule has 120 valence electrons. The van der Waals surface area contributed by atoms with Crippen LogP contribution in [0.2, 0.25) is 0 Å². The molecule has 3 aromatic rings. The molecule has 2 heterocycles. The highest BCUT2D eigenvalue weighted by Crippen LogP contribution is 2.44. The third-order valence-corrected chi connectivity index (χ3v) is 4.05. The van der Waals surface area contributed by atoms with Gasteiger partial charge in [0.25, 0.3) is 0 Å². The van der Waals surface area contributed by atoms with Gasteiger partial charge in [-0.3, -0.25) is 4.68 Å². The van der Waals surface area contributed by atoms with Gasteiger partial charge in [0.05, 0.1) is 22.3 Å². The molecule has 0 aliphatic heterocycles. The number of para-hydroxylation sites is 2. The quantitative estimate of drug-likeness (QED) is 0.734. The van der Waals surface area contributed by atoms with E-state index in [1.807, 2.05) is 0 Å². The number of hydrogen-bond acceptors (Lipinski definition) is 2. The molecule has 23 heavy (non-hydrogen) atoms. The van der Waals surface area contributed by atoms with E-state index in [4.69, 9.17) is 0 Å². The highest BCUT2D eigenvalue weighted by atomic mass is 19.4. The number of halogens is 3. The number of benzene rings is 1. The van der Waals surface area contributed by atoms with E-state index < -0.39 is 12.7 Å². The molecule has 2 aromatic heterocycles. The number of rotatable bonds is 3. The molecule has 7 heteroatoms. The molecule has 1 aromatic carbocycles. The SMILES string of the molecule is Cn1cc(-c2nc3ccccc3n2CC(F)(F)F)c(C2CC2)n1. The van der Waals surface area contributed by atoms with Crippen LogP contribution in [0.3, 0.4) is 0 Å². The Labute approximate surface area is 130 Å². The fraction of sp³-hybridized carbons (Fsp3) is 0.375. The van der Waals surface area contributed by atoms with Crippen molar-refractivity contribution in [3.8, 4) is 11.4 Å². The van der Waals surface area contributed by atoms with Crippen LogP contribution in [0.25, 0.3) is 22.4 Å². The number of fused-ring (bicyclic) bond motifs is 1. The van der Waals surface area contributed by atoms with Crippen molar-refractivity contribution in [1.82, 2.24) is 19.3 Å². The number of aromatic nitrogens is 4. The fourth-order valence-electron chi connectivity index (χ4n) is 2.96. The average Bonchev–Trinajstić information content (AvgIpc) is 3.16. The van der Waals surface area contributed by atoms with Gasteiger partial charge in [-0.05, 0) is 25.0 Å². The Morgan fingerprint density at radius 2 is 1.96 bits per heavy atom. The second-order valence-corrected chi connectivity index (χ2v) is 6.00. The molecule has 0 saturated heterocycles. The third kappa shape index (κ3) is 2.60. The Morgan fingerprint density at radius 3 is 2.65 bits per heavy atom. The Bertz CT molecular complexity index is 871. The molecule has 1 saturated carbocycles. The summed E-state index contributed by atoms with van der Waals surface area (Å²) in [6.45, 7) is -1.05. The Morgan fingerprint density at radius 1 is 1.22 bits per heavy atom. The molecule has 0 atom stereocenters. The van der Waals surface area contributed by atoms with Crippen LogP contribution >= 0.6 is 0 Å². The van der Waals surface area contributed by atoms with E-state index in [0.29, 0.717) is 28.3 Å². The van der Waals surface area contributed by atoms with Gasteiger partial charge in [-0.1, -0.05) is 12.1 Å². The van der Waals surface area contributed by atoms with Gasteiger partial charge in [0.15, 0.2) is 0 Å². The smallest absolute Gasteiger partial charge is 0.315 e. The molecule has 0 bridgehead atoms. The highest BCUT2D eigenvalue weighted by molar-refractivity contribution is 5.81. The molecule has 1 fully saturated rings. The predicted octanol–water partition coefficient (Wildman–Crippen LogP) is 3.88. The summed E-state index contributed by atoms with van der Waals surface area (Å²) in [5.41, 5.74) is 2.62. The minimum Gasteiger partial charge on any atom is -0.315 e. The molecule has 4 rings (SSSR count). The molecule has 0 radical (unpaired) electrons. The van der Waals surface area contributed by atoms with Crippen molar-refractivity contribution in [3.05, 3.63) is 36.2 Å². The van der Waals surface area contributed by atoms with Crippen LogP contribution in [0, 0.1) is 0 Å². The minimum absolute atomic E-state index is 0.338. The van der Waals surface area contributed by atoms with Crippen LogP contribution in [0.5, 0.6) is 0 Å². The van der Waals surface area contributed by atoms with Crippen LogP contribution in [0.4, 0.5) is 13.2 Å². The second-order valence-electron chi connectivity index (χ2n) is 6.00. The van der Waals surface area contributed by atoms with Gasteiger partial charge in [-0.25, -0.2) is 4.98 Å². The lowest BCUT2D eigenvalue weighted by Crippen LogP contribution is -2.18. The topological polar surface area (TPSA) is 35.6 Å². The van der Waals surface area contributed by atoms with Gasteiger partial charge >= 0.3 is 6.18 Å². The Balaban J connectivity index is 1.94. The summed E-state index contributed by atoms with van der Waals surface area (Å²) in [6, 6.07) is 6.91. The molecular formula is C16H15F3N4. The minimum atomic E-state index is -4.31. The Kier molecular flexibility index (Phi) is 3.01. The standard InChI is InChI=1S/C16H15F3N4/c1-22-8-11(14(21-22)10-6-7-10)15-20-12-4-2-3-5-13(12)23(15)9-16(17,18)19/h2-5,8,10H,6-7,9H2,1H3. The van der Waals surface area contributed by atoms with Gasteiger partial charge in [0.1, 0.15) is 12.4 Å². The first-order chi connectivity index (χ1) is 10.9. The first-order valence-electron chi connectivity index (χ1n) is 7.48. The maximum absolute atomic E-state index is 13.0. The Hall–Kier alpha value is -2.31. The molecule has 0 spiro atoms. The number of alkyl halides is 3. The van der Waals surface area contributed by atoms with Crippen molar-refractivity contribution >= 4 is 11.0 Å². The summed E-state index contributed by atoms with van der Waals surface area (Å²) in [7, 11) is 1.78. The zero-order chi connectivity index (χ0) is 16.2. The number of aryl methyl sites for hydroxylation is 1. The summed E-state index contributed by atoms with van der Waals surface area (Å²) in [6.07, 6.45) is -0.477. The van der Waals surface area contributed by atoms with E-state index in [2.05, 4.69) is 10.1 Å². The summed E-state index contributed by atoms with van der Waals surface area (Å²) in [5, 5.41) is 4.44. The zero-order valence-corrected chi connectivity index (χ0v) is 12.5. The maximum atomic E-state index is 13.0. The molecule has 0 N–H and O–H groups in total. The largest absolute Gasteiger partial charge is 0.406 e. The summed E-state index contributed by atoms with van der Waals surface area (Å²) < 4.78 is 42.1. The third-order valence-electron chi connectivity index (χ3n) is 4.05. The van der Waals surface area contributed by atoms with Gasteiger partial charge in [-0.2, -0.15) is 18.3 Å². The predicted molar refractivity (Wildman–Crippen MR) is 80.0 cm³/mol. The van der Waals surface area contributed by atoms with Crippen molar-refractivity contribution in [2.24, 2.45) is 7.05 Å². The van der Waals surface area contributed by atoms with Crippen LogP contribution in [-0.2, 0) is 13.6 Å². The van der Waals surface area contributed by atoms with E-state index in [9.17, 15) is 13.2 Å². The first kappa shape index (κ1) is 14.3. The van der Waals surface area contributed by atoms with Crippen LogP contribution in [-0.4, -0.2) is 25.5 Å². The summed E-state index contributed by atoms with van der Waals surface area (Å²) >= 11 is 0. The maximum Gasteiger partial charge on any atom is 0.406 e. The number of nitrogens with zero attached hydrogens (tertiary/aromatic N) is 4. The van der Waals surface area contributed by atoms with Crippen LogP contribution < -0.4 is 0 Å². The molecule has 1 aliphatic rings. The van der Waals surface area contributed by atoms with E-state index in [-0.39, 0.29) is 0 Å². The van der Waals surface area contributed by atoms with E-state index >= 15 is 0 Å². The second kappa shape index (κ2) is 4.84. The van der Waals surface area contributed by atoms with E-state index in [1.165, 1.54) is 4.57 Å². The van der Waals surface area contributed by atoms with E-state index in [1.54, 1.807) is 42.2 Å². The number of imidazole rings is 1. The van der Waals surface area contributed by atoms with Crippen molar-refractivity contribution in [1.29, 1.82) is 0 Å². The number of hydrogen-bond donors (Lipinski definition) is 0. The normalized spacial score (nSPS) is 15.5. The van der Waals surface area contributed by atoms with Crippen molar-refractivity contribution in [2.45, 2.75) is 31.5 Å². The van der Waals surface area contributed by atoms with Crippen LogP contribution in [0.15, 0.2) is 30.5 Å². The molecule has 1 aliphatic carbocycles. The first-order valence-corrected chi connectivity index (χ1v) is 7.48. The van der Waals surface area contributed by atoms with Gasteiger partial charge in [-0.15, -0.1) is 0 Å². The fourth-order valence-corrected chi connectivity index (χ4v) is 2.96. The molecule has 0 unspecified atom stereocenters. The lowest BCUT2D eigenvalue weighted by molar-refractivity contribution is -0.139. The average molecular weight is 320 g/mol. The van der Waals surface area contributed by atoms with Crippen molar-refractivity contribution in [3.63, 3.8) is 0 Å². The van der Waals surface area contributed by atoms with Gasteiger partial charge in [0, 0.05) is 19.2 Å². The molecule has 4 nitrogen and oxygen atoms in total. The van der Waals surface area contributed by atoms with Crippen molar-refractivity contribution < 1.29 is 13.2 Å².